The first-order chi connectivity index (χ1) is 15.1. The number of anilines is 1. The molecule has 0 radical (unpaired) electrons. The number of aromatic nitrogens is 1. The first-order valence-electron chi connectivity index (χ1n) is 10.3. The SMILES string of the molecule is COc1cc([C@@H]2Nc3ccc4ncccc4c3C3=C2C(=O)CCC3)ccc1OC(C)=O. The molecular formula is C25H22N2O4. The fraction of sp³-hybridized carbons (Fsp3) is 0.240. The predicted molar refractivity (Wildman–Crippen MR) is 118 cm³/mol. The number of Topliss-reactive ketones (excluding diaryl/α,β-unsaturated/α-hetero) is 1. The molecular weight excluding hydrogens is 392 g/mol. The van der Waals surface area contributed by atoms with Crippen molar-refractivity contribution in [1.82, 2.24) is 4.98 Å². The maximum atomic E-state index is 13.1. The molecule has 0 saturated carbocycles. The van der Waals surface area contributed by atoms with Crippen molar-refractivity contribution in [2.45, 2.75) is 32.2 Å². The zero-order chi connectivity index (χ0) is 21.5. The highest BCUT2D eigenvalue weighted by molar-refractivity contribution is 6.12. The standard InChI is InChI=1S/C25H22N2O4/c1-14(28)31-21-11-8-15(13-22(21)30-2)25-24-17(5-3-7-20(24)29)23-16-6-4-12-26-18(16)9-10-19(23)27-25/h4,6,8-13,25,27H,3,5,7H2,1-2H3/t25-/m0/s1. The van der Waals surface area contributed by atoms with Crippen molar-refractivity contribution in [3.8, 4) is 11.5 Å². The number of pyridine rings is 1. The summed E-state index contributed by atoms with van der Waals surface area (Å²) in [5, 5.41) is 4.63. The normalized spacial score (nSPS) is 17.6. The number of ketones is 1. The lowest BCUT2D eigenvalue weighted by molar-refractivity contribution is -0.132. The lowest BCUT2D eigenvalue weighted by Gasteiger charge is -2.35. The van der Waals surface area contributed by atoms with E-state index in [0.29, 0.717) is 17.9 Å². The molecule has 2 aliphatic rings. The molecule has 1 aliphatic heterocycles. The van der Waals surface area contributed by atoms with Crippen LogP contribution in [0.1, 0.15) is 43.4 Å². The molecule has 0 bridgehead atoms. The van der Waals surface area contributed by atoms with Crippen LogP contribution in [0.3, 0.4) is 0 Å². The number of esters is 1. The molecule has 2 aromatic carbocycles. The average Bonchev–Trinajstić information content (AvgIpc) is 2.78. The number of hydrogen-bond donors (Lipinski definition) is 1. The summed E-state index contributed by atoms with van der Waals surface area (Å²) in [6, 6.07) is 13.1. The van der Waals surface area contributed by atoms with E-state index in [1.54, 1.807) is 12.3 Å². The third-order valence-electron chi connectivity index (χ3n) is 5.91. The highest BCUT2D eigenvalue weighted by Gasteiger charge is 2.35. The van der Waals surface area contributed by atoms with Crippen LogP contribution in [-0.2, 0) is 9.59 Å². The van der Waals surface area contributed by atoms with Crippen LogP contribution in [0.15, 0.2) is 54.2 Å². The minimum Gasteiger partial charge on any atom is -0.493 e. The monoisotopic (exact) mass is 414 g/mol. The molecule has 0 unspecified atom stereocenters. The van der Waals surface area contributed by atoms with Crippen LogP contribution in [0.4, 0.5) is 5.69 Å². The van der Waals surface area contributed by atoms with Gasteiger partial charge in [0.15, 0.2) is 17.3 Å². The number of nitrogens with one attached hydrogen (secondary N) is 1. The first kappa shape index (κ1) is 19.3. The van der Waals surface area contributed by atoms with E-state index < -0.39 is 5.97 Å². The maximum Gasteiger partial charge on any atom is 0.308 e. The van der Waals surface area contributed by atoms with Crippen LogP contribution >= 0.6 is 0 Å². The Morgan fingerprint density at radius 3 is 2.81 bits per heavy atom. The lowest BCUT2D eigenvalue weighted by Crippen LogP contribution is -2.27. The number of fused-ring (bicyclic) bond motifs is 4. The van der Waals surface area contributed by atoms with Gasteiger partial charge in [-0.05, 0) is 54.3 Å². The number of hydrogen-bond acceptors (Lipinski definition) is 6. The molecule has 2 heterocycles. The Bertz CT molecular complexity index is 1260. The fourth-order valence-corrected chi connectivity index (χ4v) is 4.64. The summed E-state index contributed by atoms with van der Waals surface area (Å²) < 4.78 is 10.7. The molecule has 31 heavy (non-hydrogen) atoms. The molecule has 3 aromatic rings. The Balaban J connectivity index is 1.68. The van der Waals surface area contributed by atoms with Crippen LogP contribution in [0.25, 0.3) is 16.5 Å². The quantitative estimate of drug-likeness (QED) is 0.488. The molecule has 1 atom stereocenters. The zero-order valence-corrected chi connectivity index (χ0v) is 17.4. The number of rotatable bonds is 3. The summed E-state index contributed by atoms with van der Waals surface area (Å²) in [4.78, 5) is 29.0. The van der Waals surface area contributed by atoms with Crippen molar-refractivity contribution in [2.24, 2.45) is 0 Å². The van der Waals surface area contributed by atoms with Crippen molar-refractivity contribution in [2.75, 3.05) is 12.4 Å². The maximum absolute atomic E-state index is 13.1. The van der Waals surface area contributed by atoms with Gasteiger partial charge in [0.1, 0.15) is 0 Å². The first-order valence-corrected chi connectivity index (χ1v) is 10.3. The molecule has 1 aromatic heterocycles. The highest BCUT2D eigenvalue weighted by atomic mass is 16.6. The average molecular weight is 414 g/mol. The predicted octanol–water partition coefficient (Wildman–Crippen LogP) is 4.84. The minimum atomic E-state index is -0.413. The van der Waals surface area contributed by atoms with E-state index in [2.05, 4.69) is 16.4 Å². The molecule has 0 amide bonds. The Hall–Kier alpha value is -3.67. The summed E-state index contributed by atoms with van der Waals surface area (Å²) >= 11 is 0. The van der Waals surface area contributed by atoms with Gasteiger partial charge in [0.2, 0.25) is 0 Å². The molecule has 156 valence electrons. The van der Waals surface area contributed by atoms with Gasteiger partial charge in [-0.3, -0.25) is 14.6 Å². The van der Waals surface area contributed by atoms with Crippen molar-refractivity contribution in [3.63, 3.8) is 0 Å². The van der Waals surface area contributed by atoms with Crippen molar-refractivity contribution in [3.05, 3.63) is 65.4 Å². The van der Waals surface area contributed by atoms with E-state index >= 15 is 0 Å². The van der Waals surface area contributed by atoms with Gasteiger partial charge in [0.25, 0.3) is 0 Å². The van der Waals surface area contributed by atoms with E-state index in [-0.39, 0.29) is 11.8 Å². The van der Waals surface area contributed by atoms with Gasteiger partial charge < -0.3 is 14.8 Å². The van der Waals surface area contributed by atoms with Gasteiger partial charge in [0.05, 0.1) is 18.7 Å². The van der Waals surface area contributed by atoms with E-state index in [0.717, 1.165) is 51.7 Å². The third kappa shape index (κ3) is 3.24. The summed E-state index contributed by atoms with van der Waals surface area (Å²) in [6.45, 7) is 1.35. The Labute approximate surface area is 179 Å². The Kier molecular flexibility index (Phi) is 4.70. The van der Waals surface area contributed by atoms with Crippen LogP contribution in [0.5, 0.6) is 11.5 Å². The molecule has 5 rings (SSSR count). The second kappa shape index (κ2) is 7.54. The van der Waals surface area contributed by atoms with Crippen LogP contribution in [-0.4, -0.2) is 23.8 Å². The number of methoxy groups -OCH3 is 1. The topological polar surface area (TPSA) is 77.5 Å². The van der Waals surface area contributed by atoms with Gasteiger partial charge in [-0.15, -0.1) is 0 Å². The number of carbonyl (C=O) groups excluding carboxylic acids is 2. The van der Waals surface area contributed by atoms with Gasteiger partial charge in [-0.1, -0.05) is 12.1 Å². The number of carbonyl (C=O) groups is 2. The Morgan fingerprint density at radius 2 is 2.00 bits per heavy atom. The zero-order valence-electron chi connectivity index (χ0n) is 17.4. The van der Waals surface area contributed by atoms with Gasteiger partial charge in [-0.25, -0.2) is 0 Å². The summed E-state index contributed by atoms with van der Waals surface area (Å²) in [7, 11) is 1.53. The molecule has 6 nitrogen and oxygen atoms in total. The third-order valence-corrected chi connectivity index (χ3v) is 5.91. The van der Waals surface area contributed by atoms with E-state index in [1.807, 2.05) is 30.3 Å². The molecule has 6 heteroatoms. The summed E-state index contributed by atoms with van der Waals surface area (Å²) in [6.07, 6.45) is 4.02. The van der Waals surface area contributed by atoms with Crippen LogP contribution in [0, 0.1) is 0 Å². The van der Waals surface area contributed by atoms with Gasteiger partial charge >= 0.3 is 5.97 Å². The highest BCUT2D eigenvalue weighted by Crippen LogP contribution is 2.48. The van der Waals surface area contributed by atoms with Crippen LogP contribution in [0.2, 0.25) is 0 Å². The van der Waals surface area contributed by atoms with Gasteiger partial charge in [-0.2, -0.15) is 0 Å². The molecule has 1 aliphatic carbocycles. The smallest absolute Gasteiger partial charge is 0.308 e. The van der Waals surface area contributed by atoms with Crippen molar-refractivity contribution in [1.29, 1.82) is 0 Å². The van der Waals surface area contributed by atoms with Crippen molar-refractivity contribution < 1.29 is 19.1 Å². The number of allylic oxidation sites excluding steroid dienone is 1. The number of benzene rings is 2. The minimum absolute atomic E-state index is 0.160. The lowest BCUT2D eigenvalue weighted by atomic mass is 9.77. The second-order valence-corrected chi connectivity index (χ2v) is 7.81. The fourth-order valence-electron chi connectivity index (χ4n) is 4.64. The second-order valence-electron chi connectivity index (χ2n) is 7.81. The van der Waals surface area contributed by atoms with E-state index in [1.165, 1.54) is 14.0 Å². The van der Waals surface area contributed by atoms with Crippen molar-refractivity contribution >= 4 is 33.9 Å². The number of nitrogens with zero attached hydrogens (tertiary/aromatic N) is 1. The van der Waals surface area contributed by atoms with E-state index in [9.17, 15) is 9.59 Å². The summed E-state index contributed by atoms with van der Waals surface area (Å²) in [5.41, 5.74) is 5.76. The summed E-state index contributed by atoms with van der Waals surface area (Å²) in [5.74, 6) is 0.557. The molecule has 0 spiro atoms. The molecule has 1 N–H and O–H groups in total. The number of ether oxygens (including phenoxy) is 2. The Morgan fingerprint density at radius 1 is 1.13 bits per heavy atom. The molecule has 0 saturated heterocycles. The van der Waals surface area contributed by atoms with Crippen LogP contribution < -0.4 is 14.8 Å². The largest absolute Gasteiger partial charge is 0.493 e. The van der Waals surface area contributed by atoms with E-state index in [4.69, 9.17) is 9.47 Å². The van der Waals surface area contributed by atoms with Gasteiger partial charge in [0, 0.05) is 41.8 Å². The molecule has 0 fully saturated rings.